The first-order valence-electron chi connectivity index (χ1n) is 7.68. The van der Waals surface area contributed by atoms with Gasteiger partial charge in [-0.2, -0.15) is 9.50 Å². The normalized spacial score (nSPS) is 11.0. The zero-order valence-corrected chi connectivity index (χ0v) is 13.9. The highest BCUT2D eigenvalue weighted by molar-refractivity contribution is 5.71. The Morgan fingerprint density at radius 2 is 1.88 bits per heavy atom. The number of aliphatic carboxylic acids is 1. The molecule has 0 saturated heterocycles. The third-order valence-electron chi connectivity index (χ3n) is 3.95. The summed E-state index contributed by atoms with van der Waals surface area (Å²) in [7, 11) is 0. The first kappa shape index (κ1) is 15.9. The minimum absolute atomic E-state index is 0.0768. The van der Waals surface area contributed by atoms with Gasteiger partial charge < -0.3 is 10.4 Å². The molecule has 1 aromatic carbocycles. The number of carbonyl (C=O) groups is 1. The van der Waals surface area contributed by atoms with E-state index < -0.39 is 5.97 Å². The highest BCUT2D eigenvalue weighted by Gasteiger charge is 2.15. The van der Waals surface area contributed by atoms with Crippen LogP contribution in [0.3, 0.4) is 0 Å². The minimum atomic E-state index is -0.889. The van der Waals surface area contributed by atoms with Gasteiger partial charge in [0.15, 0.2) is 0 Å². The fraction of sp³-hybridized carbons (Fsp3) is 0.294. The fourth-order valence-corrected chi connectivity index (χ4v) is 2.58. The molecule has 2 aromatic heterocycles. The van der Waals surface area contributed by atoms with Crippen LogP contribution in [0.5, 0.6) is 0 Å². The van der Waals surface area contributed by atoms with Crippen LogP contribution < -0.4 is 5.32 Å². The first-order valence-corrected chi connectivity index (χ1v) is 7.68. The van der Waals surface area contributed by atoms with Crippen molar-refractivity contribution < 1.29 is 9.90 Å². The Morgan fingerprint density at radius 3 is 2.54 bits per heavy atom. The maximum Gasteiger partial charge on any atom is 0.307 e. The molecule has 7 nitrogen and oxygen atoms in total. The monoisotopic (exact) mass is 325 g/mol. The Labute approximate surface area is 139 Å². The van der Waals surface area contributed by atoms with Crippen LogP contribution in [0.1, 0.15) is 28.1 Å². The van der Waals surface area contributed by atoms with Gasteiger partial charge in [-0.3, -0.25) is 4.79 Å². The molecule has 0 atom stereocenters. The number of aryl methyl sites for hydroxylation is 3. The summed E-state index contributed by atoms with van der Waals surface area (Å²) in [6, 6.07) is 8.22. The van der Waals surface area contributed by atoms with E-state index in [4.69, 9.17) is 5.11 Å². The number of hydrogen-bond acceptors (Lipinski definition) is 5. The van der Waals surface area contributed by atoms with E-state index in [0.717, 1.165) is 11.3 Å². The standard InChI is InChI=1S/C17H19N5O2/c1-10-4-6-13(7-5-10)9-18-16-20-17-19-11(2)14(8-15(23)24)12(3)22(17)21-16/h4-7H,8-9H2,1-3H3,(H,18,21)(H,23,24). The van der Waals surface area contributed by atoms with Gasteiger partial charge in [-0.15, -0.1) is 5.10 Å². The van der Waals surface area contributed by atoms with Crippen molar-refractivity contribution in [2.45, 2.75) is 33.7 Å². The summed E-state index contributed by atoms with van der Waals surface area (Å²) in [4.78, 5) is 19.7. The smallest absolute Gasteiger partial charge is 0.307 e. The Kier molecular flexibility index (Phi) is 4.16. The van der Waals surface area contributed by atoms with Crippen LogP contribution in [-0.2, 0) is 17.8 Å². The van der Waals surface area contributed by atoms with E-state index in [0.29, 0.717) is 29.5 Å². The largest absolute Gasteiger partial charge is 0.481 e. The minimum Gasteiger partial charge on any atom is -0.481 e. The molecule has 0 bridgehead atoms. The molecule has 0 aliphatic heterocycles. The number of benzene rings is 1. The lowest BCUT2D eigenvalue weighted by atomic mass is 10.1. The molecule has 2 N–H and O–H groups in total. The Bertz CT molecular complexity index is 899. The number of hydrogen-bond donors (Lipinski definition) is 2. The third kappa shape index (κ3) is 3.19. The quantitative estimate of drug-likeness (QED) is 0.748. The molecular weight excluding hydrogens is 306 g/mol. The second-order valence-corrected chi connectivity index (χ2v) is 5.82. The van der Waals surface area contributed by atoms with Gasteiger partial charge in [0, 0.05) is 23.5 Å². The van der Waals surface area contributed by atoms with Gasteiger partial charge in [0.25, 0.3) is 5.78 Å². The van der Waals surface area contributed by atoms with Crippen molar-refractivity contribution in [2.24, 2.45) is 0 Å². The average Bonchev–Trinajstić information content (AvgIpc) is 2.94. The zero-order valence-electron chi connectivity index (χ0n) is 13.9. The van der Waals surface area contributed by atoms with Gasteiger partial charge in [-0.1, -0.05) is 29.8 Å². The number of nitrogens with zero attached hydrogens (tertiary/aromatic N) is 4. The van der Waals surface area contributed by atoms with Gasteiger partial charge in [-0.25, -0.2) is 4.98 Å². The number of anilines is 1. The third-order valence-corrected chi connectivity index (χ3v) is 3.95. The fourth-order valence-electron chi connectivity index (χ4n) is 2.58. The van der Waals surface area contributed by atoms with Gasteiger partial charge in [0.05, 0.1) is 6.42 Å². The molecule has 2 heterocycles. The molecule has 124 valence electrons. The van der Waals surface area contributed by atoms with Crippen LogP contribution in [-0.4, -0.2) is 30.7 Å². The van der Waals surface area contributed by atoms with Crippen LogP contribution in [0, 0.1) is 20.8 Å². The molecule has 0 saturated carbocycles. The predicted molar refractivity (Wildman–Crippen MR) is 90.1 cm³/mol. The van der Waals surface area contributed by atoms with E-state index >= 15 is 0 Å². The Balaban J connectivity index is 1.86. The van der Waals surface area contributed by atoms with Gasteiger partial charge in [0.1, 0.15) is 0 Å². The van der Waals surface area contributed by atoms with Crippen molar-refractivity contribution in [3.8, 4) is 0 Å². The molecule has 3 aromatic rings. The lowest BCUT2D eigenvalue weighted by molar-refractivity contribution is -0.136. The Hall–Kier alpha value is -2.96. The van der Waals surface area contributed by atoms with E-state index in [9.17, 15) is 4.79 Å². The molecule has 0 aliphatic rings. The van der Waals surface area contributed by atoms with E-state index in [2.05, 4.69) is 44.6 Å². The van der Waals surface area contributed by atoms with E-state index in [-0.39, 0.29) is 6.42 Å². The van der Waals surface area contributed by atoms with E-state index in [1.54, 1.807) is 11.4 Å². The highest BCUT2D eigenvalue weighted by Crippen LogP contribution is 2.16. The molecule has 0 unspecified atom stereocenters. The maximum absolute atomic E-state index is 11.0. The van der Waals surface area contributed by atoms with Crippen molar-refractivity contribution >= 4 is 17.7 Å². The molecule has 0 aliphatic carbocycles. The molecule has 0 radical (unpaired) electrons. The summed E-state index contributed by atoms with van der Waals surface area (Å²) in [5.74, 6) is 0.0452. The molecule has 7 heteroatoms. The summed E-state index contributed by atoms with van der Waals surface area (Å²) in [5, 5.41) is 16.6. The van der Waals surface area contributed by atoms with Gasteiger partial charge >= 0.3 is 5.97 Å². The lowest BCUT2D eigenvalue weighted by Crippen LogP contribution is -2.10. The topological polar surface area (TPSA) is 92.4 Å². The zero-order chi connectivity index (χ0) is 17.3. The molecule has 24 heavy (non-hydrogen) atoms. The van der Waals surface area contributed by atoms with E-state index in [1.165, 1.54) is 5.56 Å². The van der Waals surface area contributed by atoms with Crippen LogP contribution in [0.25, 0.3) is 5.78 Å². The molecule has 0 fully saturated rings. The van der Waals surface area contributed by atoms with Crippen molar-refractivity contribution in [3.05, 3.63) is 52.3 Å². The summed E-state index contributed by atoms with van der Waals surface area (Å²) < 4.78 is 1.59. The highest BCUT2D eigenvalue weighted by atomic mass is 16.4. The Morgan fingerprint density at radius 1 is 1.17 bits per heavy atom. The summed E-state index contributed by atoms with van der Waals surface area (Å²) in [6.07, 6.45) is -0.0768. The van der Waals surface area contributed by atoms with E-state index in [1.807, 2.05) is 13.8 Å². The average molecular weight is 325 g/mol. The second kappa shape index (κ2) is 6.27. The van der Waals surface area contributed by atoms with Crippen molar-refractivity contribution in [1.29, 1.82) is 0 Å². The molecule has 0 spiro atoms. The van der Waals surface area contributed by atoms with Crippen LogP contribution in [0.4, 0.5) is 5.95 Å². The van der Waals surface area contributed by atoms with Crippen LogP contribution in [0.2, 0.25) is 0 Å². The molecule has 3 rings (SSSR count). The second-order valence-electron chi connectivity index (χ2n) is 5.82. The number of nitrogens with one attached hydrogen (secondary N) is 1. The molecule has 0 amide bonds. The van der Waals surface area contributed by atoms with Crippen molar-refractivity contribution in [2.75, 3.05) is 5.32 Å². The summed E-state index contributed by atoms with van der Waals surface area (Å²) >= 11 is 0. The lowest BCUT2D eigenvalue weighted by Gasteiger charge is -2.07. The van der Waals surface area contributed by atoms with Crippen molar-refractivity contribution in [3.63, 3.8) is 0 Å². The number of fused-ring (bicyclic) bond motifs is 1. The predicted octanol–water partition coefficient (Wildman–Crippen LogP) is 2.29. The van der Waals surface area contributed by atoms with Gasteiger partial charge in [0.2, 0.25) is 5.95 Å². The maximum atomic E-state index is 11.0. The molecular formula is C17H19N5O2. The SMILES string of the molecule is Cc1ccc(CNc2nc3nc(C)c(CC(=O)O)c(C)n3n2)cc1. The summed E-state index contributed by atoms with van der Waals surface area (Å²) in [5.41, 5.74) is 4.43. The number of carboxylic acids is 1. The first-order chi connectivity index (χ1) is 11.4. The van der Waals surface area contributed by atoms with Gasteiger partial charge in [-0.05, 0) is 26.3 Å². The summed E-state index contributed by atoms with van der Waals surface area (Å²) in [6.45, 7) is 6.28. The van der Waals surface area contributed by atoms with Crippen molar-refractivity contribution in [1.82, 2.24) is 19.6 Å². The number of carboxylic acid groups (broad SMARTS) is 1. The van der Waals surface area contributed by atoms with Crippen LogP contribution in [0.15, 0.2) is 24.3 Å². The number of rotatable bonds is 5. The number of aromatic nitrogens is 4. The van der Waals surface area contributed by atoms with Crippen LogP contribution >= 0.6 is 0 Å².